The van der Waals surface area contributed by atoms with Crippen molar-refractivity contribution in [3.8, 4) is 0 Å². The number of aliphatic hydroxyl groups is 3. The minimum Gasteiger partial charge on any atom is -0.481 e. The van der Waals surface area contributed by atoms with Gasteiger partial charge in [-0.25, -0.2) is 13.9 Å². The second kappa shape index (κ2) is 41.5. The Kier molecular flexibility index (Phi) is 37.5. The normalized spacial score (nSPS) is 20.1. The van der Waals surface area contributed by atoms with Crippen LogP contribution in [-0.2, 0) is 51.1 Å². The number of ether oxygens (including phenoxy) is 3. The van der Waals surface area contributed by atoms with E-state index in [-0.39, 0.29) is 37.3 Å². The van der Waals surface area contributed by atoms with Gasteiger partial charge in [0.1, 0.15) is 36.8 Å². The maximum atomic E-state index is 13.2. The molecule has 2 heterocycles. The maximum Gasteiger partial charge on any atom is 0.481 e. The van der Waals surface area contributed by atoms with E-state index in [4.69, 9.17) is 39.8 Å². The topological polar surface area (TPSA) is 349 Å². The first kappa shape index (κ1) is 70.6. The number of aliphatic hydroxyl groups excluding tert-OH is 3. The van der Waals surface area contributed by atoms with Crippen LogP contribution in [0.3, 0.4) is 0 Å². The van der Waals surface area contributed by atoms with Crippen LogP contribution in [-0.4, -0.2) is 125 Å². The van der Waals surface area contributed by atoms with E-state index in [2.05, 4.69) is 35.3 Å². The number of nitrogens with zero attached hydrogens (tertiary/aromatic N) is 2. The first-order valence-electron chi connectivity index (χ1n) is 27.6. The van der Waals surface area contributed by atoms with Gasteiger partial charge < -0.3 is 55.9 Å². The van der Waals surface area contributed by atoms with E-state index in [1.54, 1.807) is 18.2 Å². The number of aromatic nitrogens is 2. The molecule has 2 unspecified atom stereocenters. The van der Waals surface area contributed by atoms with Gasteiger partial charge >= 0.3 is 39.2 Å². The van der Waals surface area contributed by atoms with Crippen LogP contribution >= 0.6 is 27.4 Å². The monoisotopic (exact) mass is 1160 g/mol. The van der Waals surface area contributed by atoms with Gasteiger partial charge in [0.05, 0.1) is 19.3 Å². The van der Waals surface area contributed by atoms with Crippen LogP contribution in [0.1, 0.15) is 174 Å². The van der Waals surface area contributed by atoms with Crippen molar-refractivity contribution in [2.75, 3.05) is 31.3 Å². The summed E-state index contributed by atoms with van der Waals surface area (Å²) in [6.07, 6.45) is 29.4. The van der Waals surface area contributed by atoms with Gasteiger partial charge in [0.25, 0.3) is 0 Å². The number of hydrogen-bond acceptors (Lipinski definition) is 19. The number of allylic oxidation sites excluding steroid dienone is 7. The summed E-state index contributed by atoms with van der Waals surface area (Å²) in [4.78, 5) is 74.0. The number of phosphoric acid groups is 2. The van der Waals surface area contributed by atoms with E-state index in [0.29, 0.717) is 6.42 Å². The van der Waals surface area contributed by atoms with E-state index in [1.165, 1.54) is 76.7 Å². The van der Waals surface area contributed by atoms with Gasteiger partial charge in [0, 0.05) is 30.0 Å². The van der Waals surface area contributed by atoms with Gasteiger partial charge in [-0.3, -0.25) is 28.0 Å². The Labute approximate surface area is 464 Å². The first-order chi connectivity index (χ1) is 37.3. The van der Waals surface area contributed by atoms with Crippen molar-refractivity contribution in [2.24, 2.45) is 5.73 Å². The highest BCUT2D eigenvalue weighted by Crippen LogP contribution is 2.60. The van der Waals surface area contributed by atoms with Crippen LogP contribution in [0.4, 0.5) is 5.82 Å². The van der Waals surface area contributed by atoms with Crippen molar-refractivity contribution in [1.29, 1.82) is 0 Å². The zero-order valence-electron chi connectivity index (χ0n) is 45.6. The minimum absolute atomic E-state index is 0.0499. The van der Waals surface area contributed by atoms with Crippen molar-refractivity contribution < 1.29 is 81.3 Å². The number of carboxylic acids is 1. The van der Waals surface area contributed by atoms with E-state index in [1.807, 2.05) is 18.2 Å². The molecule has 0 saturated carbocycles. The predicted octanol–water partition coefficient (Wildman–Crippen LogP) is 8.65. The summed E-state index contributed by atoms with van der Waals surface area (Å²) >= 11 is 1.12. The molecule has 1 aliphatic heterocycles. The van der Waals surface area contributed by atoms with Crippen LogP contribution < -0.4 is 17.2 Å². The number of thioether (sulfide) groups is 1. The molecule has 10 atom stereocenters. The van der Waals surface area contributed by atoms with Crippen molar-refractivity contribution in [3.63, 3.8) is 0 Å². The van der Waals surface area contributed by atoms with Crippen LogP contribution in [0, 0.1) is 0 Å². The lowest BCUT2D eigenvalue weighted by atomic mass is 10.0. The van der Waals surface area contributed by atoms with Crippen LogP contribution in [0.15, 0.2) is 65.7 Å². The molecule has 25 heteroatoms. The van der Waals surface area contributed by atoms with Crippen LogP contribution in [0.5, 0.6) is 0 Å². The summed E-state index contributed by atoms with van der Waals surface area (Å²) in [5, 5.41) is 40.5. The largest absolute Gasteiger partial charge is 0.481 e. The zero-order valence-corrected chi connectivity index (χ0v) is 48.2. The molecule has 446 valence electrons. The van der Waals surface area contributed by atoms with Crippen molar-refractivity contribution in [3.05, 3.63) is 71.4 Å². The molecule has 1 fully saturated rings. The number of aliphatic carboxylic acids is 1. The number of carbonyl (C=O) groups excluding carboxylic acids is 2. The summed E-state index contributed by atoms with van der Waals surface area (Å²) in [6, 6.07) is -0.0710. The molecule has 0 bridgehead atoms. The Morgan fingerprint density at radius 1 is 0.795 bits per heavy atom. The number of carbonyl (C=O) groups is 3. The Morgan fingerprint density at radius 2 is 1.40 bits per heavy atom. The molecule has 0 spiro atoms. The number of anilines is 1. The number of rotatable bonds is 46. The summed E-state index contributed by atoms with van der Waals surface area (Å²) in [5.41, 5.74) is 10.8. The molecule has 1 aromatic rings. The zero-order chi connectivity index (χ0) is 57.6. The molecule has 0 aromatic carbocycles. The Morgan fingerprint density at radius 3 is 2.03 bits per heavy atom. The van der Waals surface area contributed by atoms with Crippen LogP contribution in [0.25, 0.3) is 0 Å². The highest BCUT2D eigenvalue weighted by Gasteiger charge is 2.46. The van der Waals surface area contributed by atoms with Crippen molar-refractivity contribution >= 4 is 51.1 Å². The van der Waals surface area contributed by atoms with Gasteiger partial charge in [-0.1, -0.05) is 165 Å². The fraction of sp³-hybridized carbons (Fsp3) is 0.717. The fourth-order valence-corrected chi connectivity index (χ4v) is 11.2. The summed E-state index contributed by atoms with van der Waals surface area (Å²) in [5.74, 6) is -2.94. The molecule has 0 aliphatic carbocycles. The number of esters is 2. The standard InChI is InChI=1S/C53H90N4O18P2S/c1-3-5-7-9-11-13-15-17-18-19-21-23-25-27-29-34-48(61)73-41(38-71-76(66,67)75-77(68,69)72-39-44-49(62)50(63)51(74-44)57-36-35-46(55)56-53(57)65)37-70-52(64)42(54)40-78-45(43(58)31-30-33-47(59)60)32-28-26-24-22-20-16-14-12-10-8-6-4-2/h12,14,20,22,24,26,28,32,35-36,41-45,49-51,58,62-63H,3-11,13,15-19,21,23,25,27,29-31,33-34,37-40,54H2,1-2H3,(H,59,60)(H,66,67)(H,68,69)(H2,55,56,65)/b14-12-,22-20-,26-24+,32-28+/t41-,42+,43+,44-,45-,49-,50-,51-/m1/s1. The van der Waals surface area contributed by atoms with E-state index >= 15 is 0 Å². The molecular weight excluding hydrogens is 1070 g/mol. The lowest BCUT2D eigenvalue weighted by Gasteiger charge is -2.23. The quantitative estimate of drug-likeness (QED) is 0.00994. The maximum absolute atomic E-state index is 13.2. The second-order valence-electron chi connectivity index (χ2n) is 19.3. The lowest BCUT2D eigenvalue weighted by Crippen LogP contribution is -2.38. The highest BCUT2D eigenvalue weighted by atomic mass is 32.2. The van der Waals surface area contributed by atoms with Gasteiger partial charge in [-0.2, -0.15) is 9.29 Å². The van der Waals surface area contributed by atoms with Crippen molar-refractivity contribution in [2.45, 2.75) is 216 Å². The molecule has 1 saturated heterocycles. The number of phosphoric ester groups is 2. The smallest absolute Gasteiger partial charge is 0.481 e. The summed E-state index contributed by atoms with van der Waals surface area (Å²) in [7, 11) is -11.1. The van der Waals surface area contributed by atoms with E-state index in [0.717, 1.165) is 73.9 Å². The molecule has 2 rings (SSSR count). The first-order valence-corrected chi connectivity index (χ1v) is 31.6. The van der Waals surface area contributed by atoms with E-state index < -0.39 is 107 Å². The second-order valence-corrected chi connectivity index (χ2v) is 23.6. The van der Waals surface area contributed by atoms with Crippen molar-refractivity contribution in [1.82, 2.24) is 9.55 Å². The average molecular weight is 1170 g/mol. The summed E-state index contributed by atoms with van der Waals surface area (Å²) < 4.78 is 57.1. The minimum atomic E-state index is -5.55. The molecule has 22 nitrogen and oxygen atoms in total. The Bertz CT molecular complexity index is 2130. The Balaban J connectivity index is 2.03. The third kappa shape index (κ3) is 32.6. The summed E-state index contributed by atoms with van der Waals surface area (Å²) in [6.45, 7) is 1.64. The van der Waals surface area contributed by atoms with Gasteiger partial charge in [0.15, 0.2) is 12.3 Å². The fourth-order valence-electron chi connectivity index (χ4n) is 7.99. The molecule has 1 aliphatic rings. The van der Waals surface area contributed by atoms with Crippen LogP contribution in [0.2, 0.25) is 0 Å². The molecule has 0 radical (unpaired) electrons. The lowest BCUT2D eigenvalue weighted by molar-refractivity contribution is -0.161. The highest BCUT2D eigenvalue weighted by molar-refractivity contribution is 8.00. The Hall–Kier alpha value is -3.54. The van der Waals surface area contributed by atoms with Gasteiger partial charge in [-0.15, -0.1) is 11.8 Å². The van der Waals surface area contributed by atoms with Gasteiger partial charge in [0.2, 0.25) is 0 Å². The van der Waals surface area contributed by atoms with Gasteiger partial charge in [-0.05, 0) is 44.6 Å². The number of nitrogens with two attached hydrogens (primary N) is 2. The molecule has 78 heavy (non-hydrogen) atoms. The molecular formula is C53H90N4O18P2S. The number of unbranched alkanes of at least 4 members (excludes halogenated alkanes) is 17. The number of hydrogen-bond donors (Lipinski definition) is 8. The third-order valence-corrected chi connectivity index (χ3v) is 16.4. The molecule has 1 aromatic heterocycles. The number of carboxylic acid groups (broad SMARTS) is 1. The average Bonchev–Trinajstić information content (AvgIpc) is 3.67. The third-order valence-electron chi connectivity index (χ3n) is 12.4. The van der Waals surface area contributed by atoms with E-state index in [9.17, 15) is 53.4 Å². The predicted molar refractivity (Wildman–Crippen MR) is 299 cm³/mol. The number of nitrogen functional groups attached to an aromatic ring is 1. The molecule has 0 amide bonds. The SMILES string of the molecule is CCCCC/C=C\C\C=C/C=C/C=C/[C@@H](SC[C@H](N)C(=O)OC[C@H](COP(=O)(O)OP(=O)(O)OC[C@H]1O[C@@H](n2ccc(N)nc2=O)[C@H](O)[C@@H]1O)OC(=O)CCCCCCCCCCCCCCCCC)[C@@H](O)CCCC(=O)O. The molecule has 10 N–H and O–H groups in total.